The SMILES string of the molecule is [Cl][Sn][CH2]CC[Si](Cl)(Cl)Cl. The van der Waals surface area contributed by atoms with Crippen LogP contribution in [0.2, 0.25) is 10.5 Å². The molecule has 9 heavy (non-hydrogen) atoms. The summed E-state index contributed by atoms with van der Waals surface area (Å²) in [5, 5.41) is 0. The van der Waals surface area contributed by atoms with E-state index in [2.05, 4.69) is 0 Å². The molecule has 0 aromatic carbocycles. The molecule has 0 unspecified atom stereocenters. The van der Waals surface area contributed by atoms with Crippen LogP contribution in [0.25, 0.3) is 0 Å². The molecule has 0 heterocycles. The number of hydrogen-bond acceptors (Lipinski definition) is 0. The molecule has 0 aromatic rings. The Morgan fingerprint density at radius 2 is 1.78 bits per heavy atom. The maximum absolute atomic E-state index is 5.61. The molecule has 0 rings (SSSR count). The predicted molar refractivity (Wildman–Crippen MR) is 49.2 cm³/mol. The van der Waals surface area contributed by atoms with Crippen molar-refractivity contribution in [3.8, 4) is 0 Å². The van der Waals surface area contributed by atoms with E-state index in [9.17, 15) is 0 Å². The second-order valence-corrected chi connectivity index (χ2v) is 14.9. The Kier molecular flexibility index (Phi) is 7.18. The third kappa shape index (κ3) is 10.2. The molecule has 0 saturated heterocycles. The summed E-state index contributed by atoms with van der Waals surface area (Å²) in [6, 6.07) is -1.54. The van der Waals surface area contributed by atoms with E-state index in [0.29, 0.717) is 0 Å². The van der Waals surface area contributed by atoms with Crippen molar-refractivity contribution in [1.29, 1.82) is 0 Å². The van der Waals surface area contributed by atoms with Crippen LogP contribution in [-0.2, 0) is 0 Å². The quantitative estimate of drug-likeness (QED) is 0.421. The first-order valence-electron chi connectivity index (χ1n) is 2.46. The Morgan fingerprint density at radius 1 is 1.22 bits per heavy atom. The molecule has 2 radical (unpaired) electrons. The molecular formula is C3H6Cl4SiSn. The molecule has 0 nitrogen and oxygen atoms in total. The van der Waals surface area contributed by atoms with E-state index in [0.717, 1.165) is 16.9 Å². The van der Waals surface area contributed by atoms with Gasteiger partial charge in [-0.2, -0.15) is 0 Å². The molecule has 6 heteroatoms. The van der Waals surface area contributed by atoms with E-state index in [4.69, 9.17) is 42.2 Å². The standard InChI is InChI=1S/C3H6Cl3Si.ClH.Sn/c1-2-3-7(4,5)6;;/h1-3H2;1H;/q;;+1/p-1. The molecule has 0 N–H and O–H groups in total. The third-order valence-electron chi connectivity index (χ3n) is 0.732. The minimum absolute atomic E-state index is 0.560. The van der Waals surface area contributed by atoms with Gasteiger partial charge >= 0.3 is 85.1 Å². The monoisotopic (exact) mass is 330 g/mol. The van der Waals surface area contributed by atoms with Gasteiger partial charge in [0.25, 0.3) is 0 Å². The van der Waals surface area contributed by atoms with E-state index in [1.165, 1.54) is 0 Å². The van der Waals surface area contributed by atoms with Crippen molar-refractivity contribution in [3.05, 3.63) is 0 Å². The van der Waals surface area contributed by atoms with Gasteiger partial charge in [-0.25, -0.2) is 0 Å². The van der Waals surface area contributed by atoms with E-state index >= 15 is 0 Å². The Morgan fingerprint density at radius 3 is 2.11 bits per heavy atom. The average molecular weight is 331 g/mol. The summed E-state index contributed by atoms with van der Waals surface area (Å²) < 4.78 is 1.12. The second kappa shape index (κ2) is 5.78. The van der Waals surface area contributed by atoms with E-state index in [1.54, 1.807) is 0 Å². The van der Waals surface area contributed by atoms with Crippen LogP contribution in [0, 0.1) is 0 Å². The van der Waals surface area contributed by atoms with Crippen LogP contribution in [0.5, 0.6) is 0 Å². The van der Waals surface area contributed by atoms with Gasteiger partial charge in [-0.15, -0.1) is 0 Å². The number of hydrogen-bond donors (Lipinski definition) is 0. The van der Waals surface area contributed by atoms with Crippen LogP contribution in [0.1, 0.15) is 6.42 Å². The molecular weight excluding hydrogens is 325 g/mol. The van der Waals surface area contributed by atoms with Crippen molar-refractivity contribution in [1.82, 2.24) is 0 Å². The van der Waals surface area contributed by atoms with Crippen LogP contribution < -0.4 is 0 Å². The van der Waals surface area contributed by atoms with Gasteiger partial charge in [0.2, 0.25) is 0 Å². The summed E-state index contributed by atoms with van der Waals surface area (Å²) in [6.45, 7) is 0. The van der Waals surface area contributed by atoms with Gasteiger partial charge in [-0.1, -0.05) is 0 Å². The molecule has 0 aliphatic heterocycles. The van der Waals surface area contributed by atoms with Gasteiger partial charge < -0.3 is 0 Å². The summed E-state index contributed by atoms with van der Waals surface area (Å²) in [5.41, 5.74) is 0. The zero-order valence-electron chi connectivity index (χ0n) is 4.63. The zero-order valence-corrected chi connectivity index (χ0v) is 11.5. The fourth-order valence-corrected chi connectivity index (χ4v) is 4.93. The fourth-order valence-electron chi connectivity index (χ4n) is 0.356. The Hall–Kier alpha value is 2.18. The van der Waals surface area contributed by atoms with Gasteiger partial charge in [-0.3, -0.25) is 0 Å². The van der Waals surface area contributed by atoms with Crippen LogP contribution in [-0.4, -0.2) is 26.0 Å². The summed E-state index contributed by atoms with van der Waals surface area (Å²) in [7, 11) is 5.59. The van der Waals surface area contributed by atoms with E-state index < -0.39 is 26.0 Å². The van der Waals surface area contributed by atoms with Gasteiger partial charge in [0.05, 0.1) is 0 Å². The van der Waals surface area contributed by atoms with Gasteiger partial charge in [0.15, 0.2) is 0 Å². The van der Waals surface area contributed by atoms with E-state index in [-0.39, 0.29) is 0 Å². The molecule has 54 valence electrons. The van der Waals surface area contributed by atoms with E-state index in [1.807, 2.05) is 0 Å². The molecule has 0 atom stereocenters. The molecule has 0 fully saturated rings. The normalized spacial score (nSPS) is 12.0. The summed E-state index contributed by atoms with van der Waals surface area (Å²) in [5.74, 6) is 0. The van der Waals surface area contributed by atoms with Gasteiger partial charge in [-0.05, 0) is 0 Å². The second-order valence-electron chi connectivity index (χ2n) is 1.60. The predicted octanol–water partition coefficient (Wildman–Crippen LogP) is 3.31. The first-order valence-corrected chi connectivity index (χ1v) is 13.3. The molecule has 0 bridgehead atoms. The molecule has 0 saturated carbocycles. The van der Waals surface area contributed by atoms with Crippen molar-refractivity contribution in [3.63, 3.8) is 0 Å². The summed E-state index contributed by atoms with van der Waals surface area (Å²) in [4.78, 5) is 0. The van der Waals surface area contributed by atoms with Gasteiger partial charge in [0, 0.05) is 0 Å². The Bertz CT molecular complexity index is 72.7. The first kappa shape index (κ1) is 11.2. The van der Waals surface area contributed by atoms with Crippen LogP contribution in [0.3, 0.4) is 0 Å². The Labute approximate surface area is 84.2 Å². The van der Waals surface area contributed by atoms with Crippen LogP contribution in [0.4, 0.5) is 0 Å². The van der Waals surface area contributed by atoms with Gasteiger partial charge in [0.1, 0.15) is 0 Å². The number of rotatable bonds is 4. The molecule has 0 amide bonds. The fraction of sp³-hybridized carbons (Fsp3) is 1.00. The van der Waals surface area contributed by atoms with Crippen molar-refractivity contribution >= 4 is 68.2 Å². The topological polar surface area (TPSA) is 0 Å². The zero-order chi connectivity index (χ0) is 7.33. The van der Waals surface area contributed by atoms with Crippen molar-refractivity contribution < 1.29 is 0 Å². The van der Waals surface area contributed by atoms with Crippen LogP contribution in [0.15, 0.2) is 0 Å². The Balaban J connectivity index is 3.07. The maximum atomic E-state index is 5.61. The summed E-state index contributed by atoms with van der Waals surface area (Å²) >= 11 is 16.3. The van der Waals surface area contributed by atoms with Crippen molar-refractivity contribution in [2.45, 2.75) is 16.9 Å². The number of halogens is 4. The molecule has 0 aromatic heterocycles. The summed E-state index contributed by atoms with van der Waals surface area (Å²) in [6.07, 6.45) is 1.01. The minimum atomic E-state index is -2.31. The third-order valence-corrected chi connectivity index (χ3v) is 6.17. The van der Waals surface area contributed by atoms with Crippen molar-refractivity contribution in [2.75, 3.05) is 0 Å². The first-order chi connectivity index (χ1) is 4.06. The molecule has 0 aliphatic rings. The molecule has 0 aliphatic carbocycles. The van der Waals surface area contributed by atoms with Crippen molar-refractivity contribution in [2.24, 2.45) is 0 Å². The average Bonchev–Trinajstić information content (AvgIpc) is 1.63. The molecule has 0 spiro atoms. The van der Waals surface area contributed by atoms with Crippen LogP contribution >= 0.6 is 42.2 Å².